The molecule has 1 aliphatic carbocycles. The van der Waals surface area contributed by atoms with Crippen LogP contribution in [0, 0.1) is 0 Å². The number of carbonyl (C=O) groups is 3. The van der Waals surface area contributed by atoms with E-state index in [-0.39, 0.29) is 18.2 Å². The van der Waals surface area contributed by atoms with Crippen LogP contribution in [0.15, 0.2) is 42.5 Å². The summed E-state index contributed by atoms with van der Waals surface area (Å²) in [6.45, 7) is 1.54. The highest BCUT2D eigenvalue weighted by atomic mass is 16.5. The fourth-order valence-electron chi connectivity index (χ4n) is 4.41. The number of hydrogen-bond acceptors (Lipinski definition) is 4. The molecule has 1 N–H and O–H groups in total. The van der Waals surface area contributed by atoms with Crippen molar-refractivity contribution < 1.29 is 19.1 Å². The van der Waals surface area contributed by atoms with Crippen LogP contribution < -0.4 is 10.1 Å². The Hall–Kier alpha value is -3.15. The number of urea groups is 1. The number of methoxy groups -OCH3 is 1. The number of ether oxygens (including phenoxy) is 1. The van der Waals surface area contributed by atoms with Gasteiger partial charge in [0.05, 0.1) is 13.7 Å². The maximum absolute atomic E-state index is 13.6. The molecule has 1 heterocycles. The number of nitrogens with one attached hydrogen (secondary N) is 1. The maximum Gasteiger partial charge on any atom is 0.325 e. The van der Waals surface area contributed by atoms with Crippen LogP contribution >= 0.6 is 0 Å². The molecule has 1 unspecified atom stereocenters. The summed E-state index contributed by atoms with van der Waals surface area (Å²) in [5.74, 6) is 0.213. The van der Waals surface area contributed by atoms with E-state index in [9.17, 15) is 14.4 Å². The summed E-state index contributed by atoms with van der Waals surface area (Å²) in [5.41, 5.74) is 2.12. The van der Waals surface area contributed by atoms with Gasteiger partial charge in [-0.15, -0.1) is 0 Å². The molecule has 1 spiro atoms. The molecule has 1 atom stereocenters. The lowest BCUT2D eigenvalue weighted by atomic mass is 9.84. The molecule has 1 fully saturated rings. The monoisotopic (exact) mass is 392 g/mol. The molecule has 2 aromatic carbocycles. The van der Waals surface area contributed by atoms with Crippen molar-refractivity contribution in [1.29, 1.82) is 0 Å². The quantitative estimate of drug-likeness (QED) is 0.638. The number of imide groups is 1. The van der Waals surface area contributed by atoms with E-state index in [0.29, 0.717) is 23.3 Å². The summed E-state index contributed by atoms with van der Waals surface area (Å²) in [6.07, 6.45) is 3.32. The molecule has 2 aromatic rings. The number of rotatable bonds is 4. The lowest BCUT2D eigenvalue weighted by molar-refractivity contribution is -0.132. The van der Waals surface area contributed by atoms with Crippen LogP contribution in [0.5, 0.6) is 5.75 Å². The van der Waals surface area contributed by atoms with Crippen molar-refractivity contribution in [2.75, 3.05) is 7.11 Å². The average Bonchev–Trinajstić information content (AvgIpc) is 2.86. The molecular weight excluding hydrogens is 368 g/mol. The molecule has 2 aliphatic rings. The van der Waals surface area contributed by atoms with Gasteiger partial charge in [-0.05, 0) is 61.9 Å². The van der Waals surface area contributed by atoms with E-state index in [0.717, 1.165) is 30.4 Å². The highest BCUT2D eigenvalue weighted by Crippen LogP contribution is 2.39. The fourth-order valence-corrected chi connectivity index (χ4v) is 4.41. The lowest BCUT2D eigenvalue weighted by Gasteiger charge is -2.27. The Labute approximate surface area is 169 Å². The summed E-state index contributed by atoms with van der Waals surface area (Å²) in [4.78, 5) is 39.5. The Morgan fingerprint density at radius 3 is 2.72 bits per heavy atom. The summed E-state index contributed by atoms with van der Waals surface area (Å²) in [5, 5.41) is 2.99. The minimum atomic E-state index is -1.02. The first kappa shape index (κ1) is 19.2. The van der Waals surface area contributed by atoms with Gasteiger partial charge in [-0.3, -0.25) is 14.5 Å². The van der Waals surface area contributed by atoms with Gasteiger partial charge >= 0.3 is 6.03 Å². The SMILES string of the molecule is COc1ccc(C(C)=O)cc1CN1C(=O)NC2(CCCCc3ccccc32)C1=O. The molecule has 29 heavy (non-hydrogen) atoms. The van der Waals surface area contributed by atoms with E-state index >= 15 is 0 Å². The van der Waals surface area contributed by atoms with Gasteiger partial charge in [0.1, 0.15) is 11.3 Å². The second kappa shape index (κ2) is 7.35. The van der Waals surface area contributed by atoms with Gasteiger partial charge in [-0.2, -0.15) is 0 Å². The summed E-state index contributed by atoms with van der Waals surface area (Å²) in [7, 11) is 1.53. The van der Waals surface area contributed by atoms with Crippen molar-refractivity contribution in [2.45, 2.75) is 44.7 Å². The Morgan fingerprint density at radius 2 is 1.97 bits per heavy atom. The zero-order chi connectivity index (χ0) is 20.6. The minimum absolute atomic E-state index is 0.0544. The first-order valence-electron chi connectivity index (χ1n) is 9.86. The van der Waals surface area contributed by atoms with Gasteiger partial charge in [0.25, 0.3) is 5.91 Å². The predicted molar refractivity (Wildman–Crippen MR) is 108 cm³/mol. The Morgan fingerprint density at radius 1 is 1.17 bits per heavy atom. The largest absolute Gasteiger partial charge is 0.496 e. The van der Waals surface area contributed by atoms with E-state index in [4.69, 9.17) is 4.74 Å². The Bertz CT molecular complexity index is 1000. The highest BCUT2D eigenvalue weighted by molar-refractivity contribution is 6.07. The van der Waals surface area contributed by atoms with Gasteiger partial charge in [0, 0.05) is 11.1 Å². The van der Waals surface area contributed by atoms with Crippen molar-refractivity contribution in [2.24, 2.45) is 0 Å². The molecule has 3 amide bonds. The summed E-state index contributed by atoms with van der Waals surface area (Å²) in [6, 6.07) is 12.5. The molecule has 0 radical (unpaired) electrons. The molecule has 6 nitrogen and oxygen atoms in total. The molecule has 1 aliphatic heterocycles. The molecule has 150 valence electrons. The molecule has 1 saturated heterocycles. The van der Waals surface area contributed by atoms with E-state index in [1.54, 1.807) is 18.2 Å². The van der Waals surface area contributed by atoms with Crippen LogP contribution in [0.1, 0.15) is 53.2 Å². The van der Waals surface area contributed by atoms with Crippen molar-refractivity contribution in [1.82, 2.24) is 10.2 Å². The van der Waals surface area contributed by atoms with E-state index in [2.05, 4.69) is 5.32 Å². The average molecular weight is 392 g/mol. The second-order valence-electron chi connectivity index (χ2n) is 7.67. The highest BCUT2D eigenvalue weighted by Gasteiger charge is 2.53. The number of Topliss-reactive ketones (excluding diaryl/α,β-unsaturated/α-hetero) is 1. The molecule has 0 saturated carbocycles. The number of ketones is 1. The smallest absolute Gasteiger partial charge is 0.325 e. The fraction of sp³-hybridized carbons (Fsp3) is 0.348. The van der Waals surface area contributed by atoms with Crippen LogP contribution in [0.2, 0.25) is 0 Å². The summed E-state index contributed by atoms with van der Waals surface area (Å²) >= 11 is 0. The van der Waals surface area contributed by atoms with Crippen LogP contribution in [-0.2, 0) is 23.3 Å². The van der Waals surface area contributed by atoms with Crippen molar-refractivity contribution in [3.8, 4) is 5.75 Å². The van der Waals surface area contributed by atoms with Crippen molar-refractivity contribution in [3.63, 3.8) is 0 Å². The van der Waals surface area contributed by atoms with Gasteiger partial charge in [0.2, 0.25) is 0 Å². The number of hydrogen-bond donors (Lipinski definition) is 1. The molecule has 4 rings (SSSR count). The van der Waals surface area contributed by atoms with Gasteiger partial charge in [-0.1, -0.05) is 24.3 Å². The minimum Gasteiger partial charge on any atom is -0.496 e. The number of fused-ring (bicyclic) bond motifs is 2. The van der Waals surface area contributed by atoms with Crippen LogP contribution in [0.4, 0.5) is 4.79 Å². The lowest BCUT2D eigenvalue weighted by Crippen LogP contribution is -2.44. The summed E-state index contributed by atoms with van der Waals surface area (Å²) < 4.78 is 5.39. The van der Waals surface area contributed by atoms with Crippen LogP contribution in [0.25, 0.3) is 0 Å². The third kappa shape index (κ3) is 3.18. The first-order valence-corrected chi connectivity index (χ1v) is 9.86. The Balaban J connectivity index is 1.72. The van der Waals surface area contributed by atoms with Crippen molar-refractivity contribution >= 4 is 17.7 Å². The topological polar surface area (TPSA) is 75.7 Å². The van der Waals surface area contributed by atoms with E-state index in [1.807, 2.05) is 24.3 Å². The second-order valence-corrected chi connectivity index (χ2v) is 7.67. The first-order chi connectivity index (χ1) is 14.0. The third-order valence-corrected chi connectivity index (χ3v) is 5.92. The molecule has 6 heteroatoms. The Kier molecular flexibility index (Phi) is 4.86. The van der Waals surface area contributed by atoms with Gasteiger partial charge in [0.15, 0.2) is 5.78 Å². The number of benzene rings is 2. The number of nitrogens with zero attached hydrogens (tertiary/aromatic N) is 1. The van der Waals surface area contributed by atoms with Crippen LogP contribution in [0.3, 0.4) is 0 Å². The zero-order valence-electron chi connectivity index (χ0n) is 16.7. The number of amides is 3. The van der Waals surface area contributed by atoms with Gasteiger partial charge < -0.3 is 10.1 Å². The van der Waals surface area contributed by atoms with E-state index < -0.39 is 11.6 Å². The molecule has 0 bridgehead atoms. The molecular formula is C23H24N2O4. The predicted octanol–water partition coefficient (Wildman–Crippen LogP) is 3.57. The van der Waals surface area contributed by atoms with Crippen molar-refractivity contribution in [3.05, 3.63) is 64.7 Å². The normalized spacial score (nSPS) is 21.0. The number of carbonyl (C=O) groups excluding carboxylic acids is 3. The van der Waals surface area contributed by atoms with E-state index in [1.165, 1.54) is 18.9 Å². The zero-order valence-corrected chi connectivity index (χ0v) is 16.7. The van der Waals surface area contributed by atoms with Crippen LogP contribution in [-0.4, -0.2) is 29.7 Å². The maximum atomic E-state index is 13.6. The number of aryl methyl sites for hydroxylation is 1. The van der Waals surface area contributed by atoms with Gasteiger partial charge in [-0.25, -0.2) is 4.79 Å². The third-order valence-electron chi connectivity index (χ3n) is 5.92. The standard InChI is InChI=1S/C23H24N2O4/c1-15(26)17-10-11-20(29-2)18(13-17)14-25-21(27)23(24-22(25)28)12-6-5-8-16-7-3-4-9-19(16)23/h3-4,7,9-11,13H,5-6,8,12,14H2,1-2H3,(H,24,28). The molecule has 0 aromatic heterocycles.